The summed E-state index contributed by atoms with van der Waals surface area (Å²) in [6.45, 7) is 2.23. The SMILES string of the molecule is NCCCC1NC(CCCN)NC(CCCN)N1. The molecule has 1 aliphatic rings. The first-order chi connectivity index (χ1) is 8.80. The van der Waals surface area contributed by atoms with Gasteiger partial charge >= 0.3 is 0 Å². The zero-order valence-corrected chi connectivity index (χ0v) is 11.3. The van der Waals surface area contributed by atoms with E-state index in [1.807, 2.05) is 0 Å². The van der Waals surface area contributed by atoms with E-state index in [2.05, 4.69) is 16.0 Å². The highest BCUT2D eigenvalue weighted by atomic mass is 15.3. The summed E-state index contributed by atoms with van der Waals surface area (Å²) in [6, 6.07) is 0. The number of nitrogens with one attached hydrogen (secondary N) is 3. The van der Waals surface area contributed by atoms with Crippen molar-refractivity contribution in [2.75, 3.05) is 19.6 Å². The third-order valence-electron chi connectivity index (χ3n) is 3.30. The van der Waals surface area contributed by atoms with Gasteiger partial charge in [0.05, 0.1) is 18.5 Å². The molecule has 0 atom stereocenters. The Labute approximate surface area is 110 Å². The van der Waals surface area contributed by atoms with Crippen LogP contribution in [0.25, 0.3) is 0 Å². The normalized spacial score (nSPS) is 28.5. The van der Waals surface area contributed by atoms with Crippen LogP contribution in [0.1, 0.15) is 38.5 Å². The topological polar surface area (TPSA) is 114 Å². The molecule has 0 aromatic heterocycles. The maximum atomic E-state index is 5.57. The third-order valence-corrected chi connectivity index (χ3v) is 3.30. The minimum Gasteiger partial charge on any atom is -0.330 e. The van der Waals surface area contributed by atoms with Gasteiger partial charge < -0.3 is 17.2 Å². The van der Waals surface area contributed by atoms with Gasteiger partial charge in [-0.25, -0.2) is 0 Å². The Hall–Kier alpha value is -0.240. The molecule has 6 heteroatoms. The largest absolute Gasteiger partial charge is 0.330 e. The fourth-order valence-corrected chi connectivity index (χ4v) is 2.34. The minimum atomic E-state index is 0.348. The van der Waals surface area contributed by atoms with Crippen LogP contribution in [0.15, 0.2) is 0 Å². The molecule has 0 saturated carbocycles. The Morgan fingerprint density at radius 3 is 1.06 bits per heavy atom. The Morgan fingerprint density at radius 2 is 0.833 bits per heavy atom. The van der Waals surface area contributed by atoms with Crippen molar-refractivity contribution in [1.82, 2.24) is 16.0 Å². The molecule has 0 radical (unpaired) electrons. The average molecular weight is 258 g/mol. The molecule has 18 heavy (non-hydrogen) atoms. The first-order valence-corrected chi connectivity index (χ1v) is 7.18. The van der Waals surface area contributed by atoms with E-state index in [0.29, 0.717) is 18.5 Å². The van der Waals surface area contributed by atoms with Gasteiger partial charge in [-0.3, -0.25) is 16.0 Å². The maximum Gasteiger partial charge on any atom is 0.0596 e. The number of rotatable bonds is 9. The quantitative estimate of drug-likeness (QED) is 0.315. The van der Waals surface area contributed by atoms with Crippen LogP contribution in [-0.4, -0.2) is 38.1 Å². The lowest BCUT2D eigenvalue weighted by Crippen LogP contribution is -2.67. The summed E-state index contributed by atoms with van der Waals surface area (Å²) in [5.41, 5.74) is 16.7. The summed E-state index contributed by atoms with van der Waals surface area (Å²) >= 11 is 0. The molecular weight excluding hydrogens is 228 g/mol. The monoisotopic (exact) mass is 258 g/mol. The van der Waals surface area contributed by atoms with Crippen molar-refractivity contribution < 1.29 is 0 Å². The Morgan fingerprint density at radius 1 is 0.556 bits per heavy atom. The maximum absolute atomic E-state index is 5.57. The van der Waals surface area contributed by atoms with E-state index in [1.54, 1.807) is 0 Å². The van der Waals surface area contributed by atoms with Crippen molar-refractivity contribution in [3.05, 3.63) is 0 Å². The van der Waals surface area contributed by atoms with Gasteiger partial charge in [0, 0.05) is 0 Å². The number of nitrogens with two attached hydrogens (primary N) is 3. The molecule has 1 aliphatic heterocycles. The fraction of sp³-hybridized carbons (Fsp3) is 1.00. The number of hydrogen-bond donors (Lipinski definition) is 6. The van der Waals surface area contributed by atoms with Crippen LogP contribution < -0.4 is 33.2 Å². The van der Waals surface area contributed by atoms with Crippen LogP contribution in [0, 0.1) is 0 Å². The molecule has 0 amide bonds. The van der Waals surface area contributed by atoms with Gasteiger partial charge in [0.15, 0.2) is 0 Å². The Kier molecular flexibility index (Phi) is 8.49. The predicted octanol–water partition coefficient (Wildman–Crippen LogP) is -1.04. The van der Waals surface area contributed by atoms with Crippen LogP contribution >= 0.6 is 0 Å². The predicted molar refractivity (Wildman–Crippen MR) is 75.6 cm³/mol. The van der Waals surface area contributed by atoms with E-state index >= 15 is 0 Å². The smallest absolute Gasteiger partial charge is 0.0596 e. The van der Waals surface area contributed by atoms with Crippen LogP contribution in [0.3, 0.4) is 0 Å². The zero-order chi connectivity index (χ0) is 13.2. The molecule has 1 fully saturated rings. The van der Waals surface area contributed by atoms with Gasteiger partial charge in [0.1, 0.15) is 0 Å². The van der Waals surface area contributed by atoms with Gasteiger partial charge in [-0.05, 0) is 58.2 Å². The molecule has 1 heterocycles. The van der Waals surface area contributed by atoms with Gasteiger partial charge in [0.25, 0.3) is 0 Å². The van der Waals surface area contributed by atoms with Gasteiger partial charge in [-0.2, -0.15) is 0 Å². The van der Waals surface area contributed by atoms with Crippen molar-refractivity contribution in [3.63, 3.8) is 0 Å². The molecule has 108 valence electrons. The summed E-state index contributed by atoms with van der Waals surface area (Å²) in [5, 5.41) is 10.7. The van der Waals surface area contributed by atoms with E-state index in [0.717, 1.165) is 58.2 Å². The van der Waals surface area contributed by atoms with Gasteiger partial charge in [-0.1, -0.05) is 0 Å². The molecule has 0 bridgehead atoms. The second-order valence-electron chi connectivity index (χ2n) is 4.95. The summed E-state index contributed by atoms with van der Waals surface area (Å²) in [4.78, 5) is 0. The zero-order valence-electron chi connectivity index (χ0n) is 11.3. The summed E-state index contributed by atoms with van der Waals surface area (Å²) in [6.07, 6.45) is 7.36. The molecular formula is C12H30N6. The molecule has 0 aromatic rings. The first-order valence-electron chi connectivity index (χ1n) is 7.18. The van der Waals surface area contributed by atoms with Crippen molar-refractivity contribution >= 4 is 0 Å². The standard InChI is InChI=1S/C12H30N6/c13-7-1-4-10-16-11(5-2-8-14)18-12(17-10)6-3-9-15/h10-12,16-18H,1-9,13-15H2. The lowest BCUT2D eigenvalue weighted by molar-refractivity contribution is 0.174. The van der Waals surface area contributed by atoms with Crippen molar-refractivity contribution in [2.24, 2.45) is 17.2 Å². The van der Waals surface area contributed by atoms with E-state index in [4.69, 9.17) is 17.2 Å². The lowest BCUT2D eigenvalue weighted by Gasteiger charge is -2.39. The molecule has 0 spiro atoms. The van der Waals surface area contributed by atoms with E-state index in [9.17, 15) is 0 Å². The Bertz CT molecular complexity index is 162. The first kappa shape index (κ1) is 15.8. The summed E-state index contributed by atoms with van der Waals surface area (Å²) in [7, 11) is 0. The van der Waals surface area contributed by atoms with Crippen molar-refractivity contribution in [1.29, 1.82) is 0 Å². The van der Waals surface area contributed by atoms with Gasteiger partial charge in [0.2, 0.25) is 0 Å². The molecule has 0 aliphatic carbocycles. The minimum absolute atomic E-state index is 0.348. The highest BCUT2D eigenvalue weighted by Gasteiger charge is 2.25. The van der Waals surface area contributed by atoms with Gasteiger partial charge in [-0.15, -0.1) is 0 Å². The van der Waals surface area contributed by atoms with Crippen LogP contribution in [-0.2, 0) is 0 Å². The van der Waals surface area contributed by atoms with Crippen LogP contribution in [0.4, 0.5) is 0 Å². The molecule has 1 saturated heterocycles. The molecule has 0 aromatic carbocycles. The lowest BCUT2D eigenvalue weighted by atomic mass is 10.1. The van der Waals surface area contributed by atoms with E-state index < -0.39 is 0 Å². The summed E-state index contributed by atoms with van der Waals surface area (Å²) < 4.78 is 0. The Balaban J connectivity index is 2.38. The molecule has 1 rings (SSSR count). The fourth-order valence-electron chi connectivity index (χ4n) is 2.34. The number of hydrogen-bond acceptors (Lipinski definition) is 6. The van der Waals surface area contributed by atoms with E-state index in [1.165, 1.54) is 0 Å². The van der Waals surface area contributed by atoms with E-state index in [-0.39, 0.29) is 0 Å². The van der Waals surface area contributed by atoms with Crippen LogP contribution in [0.5, 0.6) is 0 Å². The second kappa shape index (κ2) is 9.66. The summed E-state index contributed by atoms with van der Waals surface area (Å²) in [5.74, 6) is 0. The highest BCUT2D eigenvalue weighted by molar-refractivity contribution is 4.83. The van der Waals surface area contributed by atoms with Crippen LogP contribution in [0.2, 0.25) is 0 Å². The highest BCUT2D eigenvalue weighted by Crippen LogP contribution is 2.08. The van der Waals surface area contributed by atoms with Crippen molar-refractivity contribution in [2.45, 2.75) is 57.0 Å². The average Bonchev–Trinajstić information content (AvgIpc) is 2.40. The molecule has 9 N–H and O–H groups in total. The van der Waals surface area contributed by atoms with Crippen molar-refractivity contribution in [3.8, 4) is 0 Å². The third kappa shape index (κ3) is 6.08. The second-order valence-corrected chi connectivity index (χ2v) is 4.95. The molecule has 6 nitrogen and oxygen atoms in total. The molecule has 0 unspecified atom stereocenters.